The molecule has 0 aliphatic rings. The Morgan fingerprint density at radius 2 is 1.86 bits per heavy atom. The Labute approximate surface area is 134 Å². The van der Waals surface area contributed by atoms with Gasteiger partial charge in [0.05, 0.1) is 5.69 Å². The number of aromatic amines is 2. The number of hydrogen-bond acceptors (Lipinski definition) is 4. The van der Waals surface area contributed by atoms with Gasteiger partial charge in [-0.15, -0.1) is 5.10 Å². The Kier molecular flexibility index (Phi) is 4.29. The van der Waals surface area contributed by atoms with Gasteiger partial charge in [-0.05, 0) is 25.8 Å². The minimum atomic E-state index is 0.745. The van der Waals surface area contributed by atoms with Crippen molar-refractivity contribution in [3.63, 3.8) is 0 Å². The van der Waals surface area contributed by atoms with Crippen LogP contribution in [-0.2, 0) is 12.2 Å². The lowest BCUT2D eigenvalue weighted by atomic mass is 10.1. The Bertz CT molecular complexity index is 757. The van der Waals surface area contributed by atoms with Crippen LogP contribution in [0.2, 0.25) is 0 Å². The van der Waals surface area contributed by atoms with Crippen LogP contribution in [0.1, 0.15) is 29.7 Å². The van der Waals surface area contributed by atoms with Crippen molar-refractivity contribution in [1.29, 1.82) is 0 Å². The summed E-state index contributed by atoms with van der Waals surface area (Å²) in [5, 5.41) is 8.03. The molecule has 0 fully saturated rings. The summed E-state index contributed by atoms with van der Waals surface area (Å²) in [7, 11) is 0. The fourth-order valence-electron chi connectivity index (χ4n) is 2.27. The number of nitrogens with zero attached hydrogens (tertiary/aromatic N) is 3. The maximum Gasteiger partial charge on any atom is 0.209 e. The standard InChI is InChI=1S/C16H19N5S/c1-4-12-5-7-13(8-6-12)15-19-16(21-20-15)22-9-14-10(2)17-11(3)18-14/h5-8H,4,9H2,1-3H3,(H,17,18)(H,19,20,21). The van der Waals surface area contributed by atoms with Crippen molar-refractivity contribution in [2.24, 2.45) is 0 Å². The Morgan fingerprint density at radius 1 is 1.09 bits per heavy atom. The summed E-state index contributed by atoms with van der Waals surface area (Å²) < 4.78 is 0. The van der Waals surface area contributed by atoms with E-state index in [2.05, 4.69) is 56.3 Å². The molecule has 1 aromatic carbocycles. The molecule has 0 saturated heterocycles. The Balaban J connectivity index is 1.69. The summed E-state index contributed by atoms with van der Waals surface area (Å²) in [6.07, 6.45) is 1.04. The van der Waals surface area contributed by atoms with Crippen molar-refractivity contribution in [3.8, 4) is 11.4 Å². The van der Waals surface area contributed by atoms with Crippen LogP contribution in [0.5, 0.6) is 0 Å². The minimum absolute atomic E-state index is 0.745. The van der Waals surface area contributed by atoms with Crippen LogP contribution in [0.25, 0.3) is 11.4 Å². The molecule has 0 amide bonds. The van der Waals surface area contributed by atoms with Crippen LogP contribution in [-0.4, -0.2) is 25.1 Å². The lowest BCUT2D eigenvalue weighted by molar-refractivity contribution is 0.971. The van der Waals surface area contributed by atoms with Crippen LogP contribution >= 0.6 is 11.8 Å². The summed E-state index contributed by atoms with van der Waals surface area (Å²) in [6, 6.07) is 8.41. The van der Waals surface area contributed by atoms with Crippen molar-refractivity contribution >= 4 is 11.8 Å². The molecule has 0 radical (unpaired) electrons. The number of aryl methyl sites for hydroxylation is 3. The average molecular weight is 313 g/mol. The van der Waals surface area contributed by atoms with E-state index < -0.39 is 0 Å². The Hall–Kier alpha value is -2.08. The summed E-state index contributed by atoms with van der Waals surface area (Å²) in [5.41, 5.74) is 4.54. The number of aromatic nitrogens is 5. The van der Waals surface area contributed by atoms with Crippen LogP contribution in [0, 0.1) is 13.8 Å². The van der Waals surface area contributed by atoms with E-state index in [1.54, 1.807) is 11.8 Å². The smallest absolute Gasteiger partial charge is 0.209 e. The molecule has 0 spiro atoms. The number of thioether (sulfide) groups is 1. The second-order valence-electron chi connectivity index (χ2n) is 5.20. The van der Waals surface area contributed by atoms with Crippen LogP contribution in [0.4, 0.5) is 0 Å². The molecule has 114 valence electrons. The first kappa shape index (κ1) is 14.8. The second-order valence-corrected chi connectivity index (χ2v) is 6.14. The minimum Gasteiger partial charge on any atom is -0.346 e. The molecule has 6 heteroatoms. The van der Waals surface area contributed by atoms with Gasteiger partial charge in [0.2, 0.25) is 5.16 Å². The maximum atomic E-state index is 4.55. The van der Waals surface area contributed by atoms with Crippen LogP contribution < -0.4 is 0 Å². The molecule has 22 heavy (non-hydrogen) atoms. The molecular formula is C16H19N5S. The molecular weight excluding hydrogens is 294 g/mol. The van der Waals surface area contributed by atoms with Gasteiger partial charge in [-0.3, -0.25) is 5.10 Å². The van der Waals surface area contributed by atoms with E-state index in [1.165, 1.54) is 5.56 Å². The van der Waals surface area contributed by atoms with Crippen LogP contribution in [0.15, 0.2) is 29.4 Å². The third-order valence-corrected chi connectivity index (χ3v) is 4.40. The number of H-pyrrole nitrogens is 2. The molecule has 2 N–H and O–H groups in total. The molecule has 0 aliphatic heterocycles. The number of imidazole rings is 1. The summed E-state index contributed by atoms with van der Waals surface area (Å²) in [5.74, 6) is 2.52. The third kappa shape index (κ3) is 3.22. The molecule has 2 aromatic heterocycles. The number of rotatable bonds is 5. The number of nitrogens with one attached hydrogen (secondary N) is 2. The van der Waals surface area contributed by atoms with E-state index in [-0.39, 0.29) is 0 Å². The first-order valence-electron chi connectivity index (χ1n) is 7.32. The zero-order valence-corrected chi connectivity index (χ0v) is 13.8. The number of benzene rings is 1. The van der Waals surface area contributed by atoms with Crippen LogP contribution in [0.3, 0.4) is 0 Å². The lowest BCUT2D eigenvalue weighted by Crippen LogP contribution is -1.86. The van der Waals surface area contributed by atoms with Crippen molar-refractivity contribution in [1.82, 2.24) is 25.1 Å². The molecule has 0 aliphatic carbocycles. The predicted octanol–water partition coefficient (Wildman–Crippen LogP) is 3.67. The summed E-state index contributed by atoms with van der Waals surface area (Å²) in [6.45, 7) is 6.15. The fraction of sp³-hybridized carbons (Fsp3) is 0.312. The largest absolute Gasteiger partial charge is 0.346 e. The monoisotopic (exact) mass is 313 g/mol. The quantitative estimate of drug-likeness (QED) is 0.705. The second kappa shape index (κ2) is 6.36. The zero-order chi connectivity index (χ0) is 15.5. The lowest BCUT2D eigenvalue weighted by Gasteiger charge is -1.98. The highest BCUT2D eigenvalue weighted by molar-refractivity contribution is 7.98. The van der Waals surface area contributed by atoms with Gasteiger partial charge in [0.15, 0.2) is 5.82 Å². The molecule has 0 atom stereocenters. The van der Waals surface area contributed by atoms with Gasteiger partial charge in [-0.2, -0.15) is 0 Å². The van der Waals surface area contributed by atoms with E-state index >= 15 is 0 Å². The van der Waals surface area contributed by atoms with E-state index in [4.69, 9.17) is 0 Å². The molecule has 2 heterocycles. The highest BCUT2D eigenvalue weighted by atomic mass is 32.2. The van der Waals surface area contributed by atoms with Gasteiger partial charge in [0, 0.05) is 17.0 Å². The van der Waals surface area contributed by atoms with Crippen molar-refractivity contribution in [2.45, 2.75) is 38.1 Å². The van der Waals surface area contributed by atoms with Gasteiger partial charge < -0.3 is 4.98 Å². The predicted molar refractivity (Wildman–Crippen MR) is 88.8 cm³/mol. The zero-order valence-electron chi connectivity index (χ0n) is 13.0. The highest BCUT2D eigenvalue weighted by Gasteiger charge is 2.09. The van der Waals surface area contributed by atoms with Crippen molar-refractivity contribution in [3.05, 3.63) is 47.0 Å². The van der Waals surface area contributed by atoms with Crippen molar-refractivity contribution in [2.75, 3.05) is 0 Å². The molecule has 5 nitrogen and oxygen atoms in total. The molecule has 3 rings (SSSR count). The first-order valence-corrected chi connectivity index (χ1v) is 8.31. The van der Waals surface area contributed by atoms with Gasteiger partial charge in [-0.25, -0.2) is 9.97 Å². The van der Waals surface area contributed by atoms with Gasteiger partial charge in [-0.1, -0.05) is 43.0 Å². The Morgan fingerprint density at radius 3 is 2.50 bits per heavy atom. The topological polar surface area (TPSA) is 70.2 Å². The van der Waals surface area contributed by atoms with E-state index in [1.807, 2.05) is 13.8 Å². The molecule has 3 aromatic rings. The SMILES string of the molecule is CCc1ccc(-c2nc(SCc3nc(C)[nH]c3C)n[nH]2)cc1. The maximum absolute atomic E-state index is 4.55. The normalized spacial score (nSPS) is 11.0. The van der Waals surface area contributed by atoms with E-state index in [0.29, 0.717) is 0 Å². The van der Waals surface area contributed by atoms with Gasteiger partial charge in [0.25, 0.3) is 0 Å². The summed E-state index contributed by atoms with van der Waals surface area (Å²) in [4.78, 5) is 12.2. The van der Waals surface area contributed by atoms with Gasteiger partial charge >= 0.3 is 0 Å². The van der Waals surface area contributed by atoms with E-state index in [9.17, 15) is 0 Å². The third-order valence-electron chi connectivity index (χ3n) is 3.54. The highest BCUT2D eigenvalue weighted by Crippen LogP contribution is 2.23. The van der Waals surface area contributed by atoms with Gasteiger partial charge in [0.1, 0.15) is 5.82 Å². The fourth-order valence-corrected chi connectivity index (χ4v) is 3.08. The summed E-state index contributed by atoms with van der Waals surface area (Å²) >= 11 is 1.59. The van der Waals surface area contributed by atoms with Crippen molar-refractivity contribution < 1.29 is 0 Å². The molecule has 0 unspecified atom stereocenters. The first-order chi connectivity index (χ1) is 10.7. The molecule has 0 bridgehead atoms. The average Bonchev–Trinajstić information content (AvgIpc) is 3.12. The molecule has 0 saturated carbocycles. The van der Waals surface area contributed by atoms with E-state index in [0.717, 1.165) is 45.9 Å². The number of hydrogen-bond donors (Lipinski definition) is 2.